The van der Waals surface area contributed by atoms with Crippen LogP contribution in [0, 0.1) is 0 Å². The largest absolute Gasteiger partial charge is 0.364 e. The minimum absolute atomic E-state index is 0.0146. The number of amidine groups is 1. The summed E-state index contributed by atoms with van der Waals surface area (Å²) in [5.74, 6) is 0.957. The van der Waals surface area contributed by atoms with E-state index in [-0.39, 0.29) is 18.5 Å². The Morgan fingerprint density at radius 1 is 0.536 bits per heavy atom. The lowest BCUT2D eigenvalue weighted by molar-refractivity contribution is 0.505. The van der Waals surface area contributed by atoms with Gasteiger partial charge in [0.1, 0.15) is 24.3 Å². The summed E-state index contributed by atoms with van der Waals surface area (Å²) in [5.41, 5.74) is 17.1. The molecule has 0 spiro atoms. The van der Waals surface area contributed by atoms with E-state index in [2.05, 4.69) is 183 Å². The molecule has 0 aromatic heterocycles. The third kappa shape index (κ3) is 4.92. The highest BCUT2D eigenvalue weighted by molar-refractivity contribution is 6.17. The number of anilines is 4. The highest BCUT2D eigenvalue weighted by atomic mass is 15.4. The van der Waals surface area contributed by atoms with E-state index in [1.165, 1.54) is 66.8 Å². The zero-order chi connectivity index (χ0) is 37.3. The Bertz CT molecular complexity index is 2730. The molecule has 3 unspecified atom stereocenters. The van der Waals surface area contributed by atoms with Gasteiger partial charge in [0.25, 0.3) is 0 Å². The van der Waals surface area contributed by atoms with Gasteiger partial charge in [-0.15, -0.1) is 0 Å². The van der Waals surface area contributed by atoms with Gasteiger partial charge in [-0.25, -0.2) is 4.99 Å². The average molecular weight is 727 g/mol. The number of benzene rings is 7. The van der Waals surface area contributed by atoms with Crippen LogP contribution in [0.5, 0.6) is 0 Å². The van der Waals surface area contributed by atoms with Crippen LogP contribution in [0.1, 0.15) is 60.4 Å². The Balaban J connectivity index is 0.00000179. The van der Waals surface area contributed by atoms with Crippen LogP contribution in [0.2, 0.25) is 0 Å². The monoisotopic (exact) mass is 726 g/mol. The molecule has 0 amide bonds. The summed E-state index contributed by atoms with van der Waals surface area (Å²) in [6.45, 7) is 4.00. The van der Waals surface area contributed by atoms with E-state index in [9.17, 15) is 0 Å². The molecule has 0 saturated heterocycles. The third-order valence-corrected chi connectivity index (χ3v) is 12.0. The van der Waals surface area contributed by atoms with Crippen LogP contribution in [-0.4, -0.2) is 12.0 Å². The fourth-order valence-corrected chi connectivity index (χ4v) is 9.48. The van der Waals surface area contributed by atoms with Gasteiger partial charge < -0.3 is 20.9 Å². The van der Waals surface area contributed by atoms with Crippen molar-refractivity contribution in [2.75, 3.05) is 20.4 Å². The summed E-state index contributed by atoms with van der Waals surface area (Å²) in [5, 5.41) is 14.2. The van der Waals surface area contributed by atoms with Crippen LogP contribution in [0.4, 0.5) is 28.4 Å². The second-order valence-corrected chi connectivity index (χ2v) is 14.9. The molecule has 0 saturated carbocycles. The van der Waals surface area contributed by atoms with Crippen LogP contribution in [0.3, 0.4) is 0 Å². The lowest BCUT2D eigenvalue weighted by atomic mass is 9.85. The smallest absolute Gasteiger partial charge is 0.143 e. The first kappa shape index (κ1) is 32.6. The first-order valence-electron chi connectivity index (χ1n) is 19.9. The SMILES string of the molecule is CC.c1ccc2c(c1)CCC1=C2C2Nc3ccccc3N2C(c2ccc(-c3ccc(C4=Nc5ccc6ccccc6c5C5Nc6ccccc6N45)cc3)cc2)N1. The fraction of sp³-hybridized carbons (Fsp3) is 0.140. The number of nitrogens with one attached hydrogen (secondary N) is 3. The van der Waals surface area contributed by atoms with Crippen molar-refractivity contribution in [2.45, 2.75) is 45.2 Å². The number of fused-ring (bicyclic) bond motifs is 13. The molecule has 1 aliphatic carbocycles. The zero-order valence-corrected chi connectivity index (χ0v) is 31.5. The Morgan fingerprint density at radius 3 is 2.00 bits per heavy atom. The van der Waals surface area contributed by atoms with Crippen LogP contribution in [0.15, 0.2) is 168 Å². The standard InChI is InChI=1S/C48H36N6.C2H6/c1-3-11-35-31(9-1)25-27-39-43(35)47-49-37-13-5-7-15-41(37)53(47)45(51-39)33-21-17-29(18-22-33)30-19-23-34(24-20-30)46-52-40-28-26-32-10-2-4-12-36(32)44(40)48-50-38-14-6-8-16-42(38)54(46)48;1-2/h1-25,27,46-50,52H,26,28H2;1-2H3. The summed E-state index contributed by atoms with van der Waals surface area (Å²) in [7, 11) is 0. The minimum atomic E-state index is -0.0378. The number of rotatable bonds is 3. The summed E-state index contributed by atoms with van der Waals surface area (Å²) in [4.78, 5) is 10.2. The predicted octanol–water partition coefficient (Wildman–Crippen LogP) is 11.8. The Labute approximate surface area is 327 Å². The van der Waals surface area contributed by atoms with E-state index in [0.29, 0.717) is 0 Å². The number of aliphatic imine (C=N–C) groups is 1. The molecule has 56 heavy (non-hydrogen) atoms. The Hall–Kier alpha value is -6.79. The van der Waals surface area contributed by atoms with Gasteiger partial charge in [-0.05, 0) is 81.8 Å². The second kappa shape index (κ2) is 12.9. The molecule has 3 atom stereocenters. The van der Waals surface area contributed by atoms with Crippen molar-refractivity contribution in [3.8, 4) is 11.1 Å². The Kier molecular flexibility index (Phi) is 7.52. The summed E-state index contributed by atoms with van der Waals surface area (Å²) in [6.07, 6.45) is 2.12. The highest BCUT2D eigenvalue weighted by Crippen LogP contribution is 2.51. The van der Waals surface area contributed by atoms with Crippen molar-refractivity contribution < 1.29 is 0 Å². The first-order chi connectivity index (χ1) is 27.8. The van der Waals surface area contributed by atoms with Crippen LogP contribution < -0.4 is 25.8 Å². The molecule has 3 N–H and O–H groups in total. The van der Waals surface area contributed by atoms with E-state index in [1.807, 2.05) is 13.8 Å². The van der Waals surface area contributed by atoms with E-state index in [0.717, 1.165) is 41.3 Å². The van der Waals surface area contributed by atoms with Crippen LogP contribution >= 0.6 is 0 Å². The zero-order valence-electron chi connectivity index (χ0n) is 31.5. The summed E-state index contributed by atoms with van der Waals surface area (Å²) in [6, 6.07) is 57.2. The third-order valence-electron chi connectivity index (χ3n) is 12.0. The van der Waals surface area contributed by atoms with Gasteiger partial charge in [-0.1, -0.05) is 141 Å². The number of para-hydroxylation sites is 4. The van der Waals surface area contributed by atoms with E-state index >= 15 is 0 Å². The van der Waals surface area contributed by atoms with Gasteiger partial charge in [0.2, 0.25) is 0 Å². The maximum Gasteiger partial charge on any atom is 0.143 e. The van der Waals surface area contributed by atoms with Gasteiger partial charge in [-0.3, -0.25) is 4.90 Å². The number of aryl methyl sites for hydroxylation is 1. The molecule has 7 aromatic carbocycles. The molecule has 6 heteroatoms. The van der Waals surface area contributed by atoms with Gasteiger partial charge in [-0.2, -0.15) is 0 Å². The van der Waals surface area contributed by atoms with Crippen molar-refractivity contribution in [1.82, 2.24) is 5.32 Å². The predicted molar refractivity (Wildman–Crippen MR) is 233 cm³/mol. The van der Waals surface area contributed by atoms with Gasteiger partial charge in [0.15, 0.2) is 0 Å². The fourth-order valence-electron chi connectivity index (χ4n) is 9.48. The number of hydrogen-bond acceptors (Lipinski definition) is 6. The van der Waals surface area contributed by atoms with Crippen molar-refractivity contribution in [3.05, 3.63) is 191 Å². The summed E-state index contributed by atoms with van der Waals surface area (Å²) >= 11 is 0. The minimum Gasteiger partial charge on any atom is -0.364 e. The molecular weight excluding hydrogens is 685 g/mol. The topological polar surface area (TPSA) is 54.9 Å². The number of allylic oxidation sites excluding steroid dienone is 1. The molecule has 0 radical (unpaired) electrons. The van der Waals surface area contributed by atoms with Crippen molar-refractivity contribution in [1.29, 1.82) is 0 Å². The molecule has 4 heterocycles. The van der Waals surface area contributed by atoms with E-state index in [4.69, 9.17) is 4.99 Å². The van der Waals surface area contributed by atoms with Gasteiger partial charge >= 0.3 is 0 Å². The molecule has 5 aliphatic rings. The molecule has 12 rings (SSSR count). The normalized spacial score (nSPS) is 19.3. The molecule has 272 valence electrons. The number of hydrogen-bond donors (Lipinski definition) is 3. The molecule has 0 bridgehead atoms. The van der Waals surface area contributed by atoms with E-state index in [1.54, 1.807) is 0 Å². The average Bonchev–Trinajstić information content (AvgIpc) is 3.86. The van der Waals surface area contributed by atoms with Gasteiger partial charge in [0.05, 0.1) is 28.4 Å². The summed E-state index contributed by atoms with van der Waals surface area (Å²) < 4.78 is 0. The molecular formula is C50H42N6. The Morgan fingerprint density at radius 2 is 1.18 bits per heavy atom. The molecule has 7 aromatic rings. The maximum atomic E-state index is 5.34. The first-order valence-corrected chi connectivity index (χ1v) is 19.9. The van der Waals surface area contributed by atoms with Crippen molar-refractivity contribution >= 4 is 50.6 Å². The maximum absolute atomic E-state index is 5.34. The van der Waals surface area contributed by atoms with E-state index < -0.39 is 0 Å². The van der Waals surface area contributed by atoms with Gasteiger partial charge in [0, 0.05) is 22.4 Å². The van der Waals surface area contributed by atoms with Crippen LogP contribution in [-0.2, 0) is 6.42 Å². The number of nitrogens with zero attached hydrogens (tertiary/aromatic N) is 3. The van der Waals surface area contributed by atoms with Crippen molar-refractivity contribution in [3.63, 3.8) is 0 Å². The quantitative estimate of drug-likeness (QED) is 0.169. The molecule has 4 aliphatic heterocycles. The van der Waals surface area contributed by atoms with Crippen molar-refractivity contribution in [2.24, 2.45) is 4.99 Å². The molecule has 6 nitrogen and oxygen atoms in total. The molecule has 0 fully saturated rings. The van der Waals surface area contributed by atoms with Crippen LogP contribution in [0.25, 0.3) is 27.5 Å². The second-order valence-electron chi connectivity index (χ2n) is 14.9. The lowest BCUT2D eigenvalue weighted by Gasteiger charge is -2.45. The highest BCUT2D eigenvalue weighted by Gasteiger charge is 2.44. The lowest BCUT2D eigenvalue weighted by Crippen LogP contribution is -2.51.